The zero-order chi connectivity index (χ0) is 16.8. The normalized spacial score (nSPS) is 10.2. The quantitative estimate of drug-likeness (QED) is 0.716. The number of nitrogens with one attached hydrogen (secondary N) is 3. The van der Waals surface area contributed by atoms with Crippen molar-refractivity contribution < 1.29 is 9.59 Å². The van der Waals surface area contributed by atoms with Crippen molar-refractivity contribution in [2.24, 2.45) is 0 Å². The van der Waals surface area contributed by atoms with Gasteiger partial charge in [0.2, 0.25) is 11.0 Å². The second-order valence-electron chi connectivity index (χ2n) is 4.71. The van der Waals surface area contributed by atoms with Gasteiger partial charge in [-0.2, -0.15) is 0 Å². The summed E-state index contributed by atoms with van der Waals surface area (Å²) in [6, 6.07) is 5.54. The Bertz CT molecular complexity index is 717. The van der Waals surface area contributed by atoms with E-state index in [9.17, 15) is 9.59 Å². The number of carbonyl (C=O) groups is 2. The molecule has 1 aromatic heterocycles. The molecule has 0 aliphatic heterocycles. The van der Waals surface area contributed by atoms with Gasteiger partial charge in [0.1, 0.15) is 0 Å². The molecule has 0 atom stereocenters. The van der Waals surface area contributed by atoms with E-state index in [-0.39, 0.29) is 11.7 Å². The summed E-state index contributed by atoms with van der Waals surface area (Å²) in [5, 5.41) is 16.4. The summed E-state index contributed by atoms with van der Waals surface area (Å²) in [6.45, 7) is 4.11. The minimum atomic E-state index is -0.523. The summed E-state index contributed by atoms with van der Waals surface area (Å²) in [5.41, 5.74) is 3.37. The SMILES string of the molecule is CNC(=O)NC(=O)CSc1nnc(Nc2ccc(C)c(C)c2)s1. The van der Waals surface area contributed by atoms with Crippen molar-refractivity contribution >= 4 is 45.9 Å². The molecule has 2 aromatic rings. The van der Waals surface area contributed by atoms with E-state index in [2.05, 4.69) is 33.1 Å². The highest BCUT2D eigenvalue weighted by molar-refractivity contribution is 8.01. The molecule has 0 saturated heterocycles. The third kappa shape index (κ3) is 5.22. The maximum Gasteiger partial charge on any atom is 0.321 e. The number of nitrogens with zero attached hydrogens (tertiary/aromatic N) is 2. The molecule has 0 radical (unpaired) electrons. The van der Waals surface area contributed by atoms with Gasteiger partial charge >= 0.3 is 6.03 Å². The topological polar surface area (TPSA) is 96.0 Å². The number of benzene rings is 1. The van der Waals surface area contributed by atoms with Gasteiger partial charge < -0.3 is 10.6 Å². The van der Waals surface area contributed by atoms with E-state index >= 15 is 0 Å². The second-order valence-corrected chi connectivity index (χ2v) is 6.91. The molecule has 0 bridgehead atoms. The molecule has 0 fully saturated rings. The van der Waals surface area contributed by atoms with Crippen molar-refractivity contribution in [1.29, 1.82) is 0 Å². The van der Waals surface area contributed by atoms with Crippen LogP contribution in [0.2, 0.25) is 0 Å². The molecular weight excluding hydrogens is 334 g/mol. The lowest BCUT2D eigenvalue weighted by atomic mass is 10.1. The molecular formula is C14H17N5O2S2. The Morgan fingerprint density at radius 3 is 2.70 bits per heavy atom. The molecule has 7 nitrogen and oxygen atoms in total. The van der Waals surface area contributed by atoms with E-state index in [1.165, 1.54) is 41.3 Å². The average Bonchev–Trinajstić information content (AvgIpc) is 2.96. The van der Waals surface area contributed by atoms with E-state index in [0.717, 1.165) is 5.69 Å². The van der Waals surface area contributed by atoms with Crippen molar-refractivity contribution in [2.45, 2.75) is 18.2 Å². The number of imide groups is 1. The smallest absolute Gasteiger partial charge is 0.321 e. The first-order valence-electron chi connectivity index (χ1n) is 6.80. The predicted molar refractivity (Wildman–Crippen MR) is 92.4 cm³/mol. The summed E-state index contributed by atoms with van der Waals surface area (Å²) >= 11 is 2.58. The van der Waals surface area contributed by atoms with E-state index in [1.807, 2.05) is 25.1 Å². The molecule has 0 unspecified atom stereocenters. The van der Waals surface area contributed by atoms with Crippen LogP contribution >= 0.6 is 23.1 Å². The van der Waals surface area contributed by atoms with Crippen LogP contribution in [0.15, 0.2) is 22.5 Å². The number of carbonyl (C=O) groups excluding carboxylic acids is 2. The van der Waals surface area contributed by atoms with Gasteiger partial charge in [0, 0.05) is 12.7 Å². The first kappa shape index (κ1) is 17.2. The van der Waals surface area contributed by atoms with Crippen LogP contribution in [0.1, 0.15) is 11.1 Å². The van der Waals surface area contributed by atoms with Gasteiger partial charge in [0.25, 0.3) is 0 Å². The van der Waals surface area contributed by atoms with Gasteiger partial charge in [-0.05, 0) is 37.1 Å². The highest BCUT2D eigenvalue weighted by Crippen LogP contribution is 2.28. The fourth-order valence-corrected chi connectivity index (χ4v) is 3.19. The summed E-state index contributed by atoms with van der Waals surface area (Å²) < 4.78 is 0.656. The molecule has 0 spiro atoms. The van der Waals surface area contributed by atoms with Crippen molar-refractivity contribution in [2.75, 3.05) is 18.1 Å². The van der Waals surface area contributed by atoms with Crippen molar-refractivity contribution in [1.82, 2.24) is 20.8 Å². The zero-order valence-electron chi connectivity index (χ0n) is 13.0. The maximum absolute atomic E-state index is 11.5. The van der Waals surface area contributed by atoms with Gasteiger partial charge in [-0.1, -0.05) is 29.2 Å². The Morgan fingerprint density at radius 1 is 1.22 bits per heavy atom. The lowest BCUT2D eigenvalue weighted by Crippen LogP contribution is -2.38. The standard InChI is InChI=1S/C14H17N5O2S2/c1-8-4-5-10(6-9(8)2)16-13-18-19-14(23-13)22-7-11(20)17-12(21)15-3/h4-6H,7H2,1-3H3,(H,16,18)(H2,15,17,20,21). The van der Waals surface area contributed by atoms with E-state index in [0.29, 0.717) is 9.47 Å². The lowest BCUT2D eigenvalue weighted by molar-refractivity contribution is -0.117. The van der Waals surface area contributed by atoms with Crippen molar-refractivity contribution in [3.8, 4) is 0 Å². The van der Waals surface area contributed by atoms with Crippen molar-refractivity contribution in [3.05, 3.63) is 29.3 Å². The number of amides is 3. The van der Waals surface area contributed by atoms with Crippen LogP contribution in [0, 0.1) is 13.8 Å². The van der Waals surface area contributed by atoms with Crippen LogP contribution in [0.25, 0.3) is 0 Å². The molecule has 0 saturated carbocycles. The molecule has 1 heterocycles. The largest absolute Gasteiger partial charge is 0.341 e. The Hall–Kier alpha value is -2.13. The van der Waals surface area contributed by atoms with Crippen LogP contribution in [0.3, 0.4) is 0 Å². The molecule has 122 valence electrons. The van der Waals surface area contributed by atoms with Crippen LogP contribution in [-0.2, 0) is 4.79 Å². The number of thioether (sulfide) groups is 1. The zero-order valence-corrected chi connectivity index (χ0v) is 14.6. The Morgan fingerprint density at radius 2 is 2.00 bits per heavy atom. The highest BCUT2D eigenvalue weighted by Gasteiger charge is 2.10. The number of hydrogen-bond acceptors (Lipinski definition) is 7. The third-order valence-electron chi connectivity index (χ3n) is 2.97. The monoisotopic (exact) mass is 351 g/mol. The molecule has 3 amide bonds. The van der Waals surface area contributed by atoms with Gasteiger partial charge in [0.15, 0.2) is 4.34 Å². The first-order chi connectivity index (χ1) is 11.0. The molecule has 3 N–H and O–H groups in total. The van der Waals surface area contributed by atoms with E-state index in [1.54, 1.807) is 0 Å². The number of anilines is 2. The fraction of sp³-hybridized carbons (Fsp3) is 0.286. The summed E-state index contributed by atoms with van der Waals surface area (Å²) in [5.74, 6) is -0.278. The fourth-order valence-electron chi connectivity index (χ4n) is 1.61. The first-order valence-corrected chi connectivity index (χ1v) is 8.60. The highest BCUT2D eigenvalue weighted by atomic mass is 32.2. The molecule has 23 heavy (non-hydrogen) atoms. The number of urea groups is 1. The van der Waals surface area contributed by atoms with E-state index < -0.39 is 6.03 Å². The minimum absolute atomic E-state index is 0.103. The third-order valence-corrected chi connectivity index (χ3v) is 4.94. The van der Waals surface area contributed by atoms with Gasteiger partial charge in [-0.15, -0.1) is 10.2 Å². The minimum Gasteiger partial charge on any atom is -0.341 e. The lowest BCUT2D eigenvalue weighted by Gasteiger charge is -2.05. The van der Waals surface area contributed by atoms with Gasteiger partial charge in [-0.25, -0.2) is 4.79 Å². The molecule has 2 rings (SSSR count). The van der Waals surface area contributed by atoms with Gasteiger partial charge in [-0.3, -0.25) is 10.1 Å². The molecule has 0 aliphatic carbocycles. The Labute approximate surface area is 142 Å². The Kier molecular flexibility index (Phi) is 5.94. The summed E-state index contributed by atoms with van der Waals surface area (Å²) in [6.07, 6.45) is 0. The molecule has 9 heteroatoms. The van der Waals surface area contributed by atoms with E-state index in [4.69, 9.17) is 0 Å². The van der Waals surface area contributed by atoms with Crippen molar-refractivity contribution in [3.63, 3.8) is 0 Å². The predicted octanol–water partition coefficient (Wildman–Crippen LogP) is 2.45. The average molecular weight is 351 g/mol. The van der Waals surface area contributed by atoms with Crippen LogP contribution in [0.4, 0.5) is 15.6 Å². The van der Waals surface area contributed by atoms with Crippen LogP contribution in [0.5, 0.6) is 0 Å². The number of rotatable bonds is 5. The number of hydrogen-bond donors (Lipinski definition) is 3. The van der Waals surface area contributed by atoms with Crippen LogP contribution in [-0.4, -0.2) is 34.9 Å². The molecule has 0 aliphatic rings. The number of aromatic nitrogens is 2. The number of aryl methyl sites for hydroxylation is 2. The Balaban J connectivity index is 1.89. The maximum atomic E-state index is 11.5. The van der Waals surface area contributed by atoms with Crippen LogP contribution < -0.4 is 16.0 Å². The molecule has 1 aromatic carbocycles. The summed E-state index contributed by atoms with van der Waals surface area (Å²) in [4.78, 5) is 22.5. The van der Waals surface area contributed by atoms with Gasteiger partial charge in [0.05, 0.1) is 5.75 Å². The summed E-state index contributed by atoms with van der Waals surface area (Å²) in [7, 11) is 1.45. The second kappa shape index (κ2) is 7.93.